The maximum absolute atomic E-state index is 12.2. The van der Waals surface area contributed by atoms with Crippen molar-refractivity contribution in [2.75, 3.05) is 13.1 Å². The molecule has 90 valence electrons. The van der Waals surface area contributed by atoms with Crippen molar-refractivity contribution in [2.45, 2.75) is 30.5 Å². The van der Waals surface area contributed by atoms with Crippen molar-refractivity contribution in [2.24, 2.45) is 0 Å². The Balaban J connectivity index is 2.38. The topological polar surface area (TPSA) is 50.5 Å². The molecule has 1 aromatic rings. The number of furan rings is 1. The summed E-state index contributed by atoms with van der Waals surface area (Å²) < 4.78 is 31.2. The normalized spacial score (nSPS) is 18.1. The van der Waals surface area contributed by atoms with Gasteiger partial charge in [-0.3, -0.25) is 0 Å². The average Bonchev–Trinajstić information content (AvgIpc) is 2.85. The number of aryl methyl sites for hydroxylation is 1. The molecule has 0 amide bonds. The van der Waals surface area contributed by atoms with Crippen LogP contribution in [-0.4, -0.2) is 25.8 Å². The van der Waals surface area contributed by atoms with E-state index in [4.69, 9.17) is 16.0 Å². The third-order valence-electron chi connectivity index (χ3n) is 2.74. The van der Waals surface area contributed by atoms with Gasteiger partial charge in [-0.15, -0.1) is 11.6 Å². The quantitative estimate of drug-likeness (QED) is 0.785. The smallest absolute Gasteiger partial charge is 0.246 e. The van der Waals surface area contributed by atoms with Gasteiger partial charge in [-0.2, -0.15) is 4.31 Å². The minimum atomic E-state index is -3.38. The summed E-state index contributed by atoms with van der Waals surface area (Å²) in [7, 11) is -3.38. The third-order valence-corrected chi connectivity index (χ3v) is 5.01. The van der Waals surface area contributed by atoms with Crippen molar-refractivity contribution >= 4 is 21.6 Å². The molecule has 0 saturated carbocycles. The second-order valence-corrected chi connectivity index (χ2v) is 6.05. The van der Waals surface area contributed by atoms with E-state index < -0.39 is 10.0 Å². The molecule has 16 heavy (non-hydrogen) atoms. The highest BCUT2D eigenvalue weighted by Crippen LogP contribution is 2.26. The first-order valence-electron chi connectivity index (χ1n) is 5.21. The van der Waals surface area contributed by atoms with Gasteiger partial charge in [0.25, 0.3) is 0 Å². The molecular weight excluding hydrogens is 250 g/mol. The Kier molecular flexibility index (Phi) is 3.28. The van der Waals surface area contributed by atoms with E-state index in [-0.39, 0.29) is 10.8 Å². The van der Waals surface area contributed by atoms with Crippen LogP contribution in [0.2, 0.25) is 0 Å². The lowest BCUT2D eigenvalue weighted by atomic mass is 10.4. The number of sulfonamides is 1. The second kappa shape index (κ2) is 4.39. The van der Waals surface area contributed by atoms with Crippen LogP contribution in [0.25, 0.3) is 0 Å². The van der Waals surface area contributed by atoms with Crippen molar-refractivity contribution < 1.29 is 12.8 Å². The van der Waals surface area contributed by atoms with Crippen LogP contribution in [0.4, 0.5) is 0 Å². The molecule has 0 atom stereocenters. The lowest BCUT2D eigenvalue weighted by Crippen LogP contribution is -2.27. The van der Waals surface area contributed by atoms with Gasteiger partial charge in [0.15, 0.2) is 0 Å². The van der Waals surface area contributed by atoms with Crippen LogP contribution in [0.1, 0.15) is 24.4 Å². The first kappa shape index (κ1) is 12.0. The van der Waals surface area contributed by atoms with Crippen LogP contribution in [-0.2, 0) is 15.9 Å². The van der Waals surface area contributed by atoms with Gasteiger partial charge in [-0.25, -0.2) is 8.42 Å². The van der Waals surface area contributed by atoms with Crippen LogP contribution in [0.5, 0.6) is 0 Å². The summed E-state index contributed by atoms with van der Waals surface area (Å²) in [6, 6.07) is 1.52. The molecular formula is C10H14ClNO3S. The van der Waals surface area contributed by atoms with E-state index in [1.54, 1.807) is 6.92 Å². The molecule has 0 N–H and O–H groups in total. The second-order valence-electron chi connectivity index (χ2n) is 3.88. The Morgan fingerprint density at radius 1 is 1.44 bits per heavy atom. The van der Waals surface area contributed by atoms with E-state index in [9.17, 15) is 8.42 Å². The molecule has 1 aliphatic rings. The average molecular weight is 264 g/mol. The SMILES string of the molecule is Cc1oc(CCl)cc1S(=O)(=O)N1CCCC1. The zero-order valence-corrected chi connectivity index (χ0v) is 10.6. The molecule has 2 rings (SSSR count). The molecule has 4 nitrogen and oxygen atoms in total. The molecule has 0 aliphatic carbocycles. The van der Waals surface area contributed by atoms with Gasteiger partial charge in [-0.05, 0) is 19.8 Å². The lowest BCUT2D eigenvalue weighted by Gasteiger charge is -2.14. The molecule has 1 aromatic heterocycles. The summed E-state index contributed by atoms with van der Waals surface area (Å²) in [6.45, 7) is 2.85. The Bertz CT molecular complexity index is 474. The number of alkyl halides is 1. The summed E-state index contributed by atoms with van der Waals surface area (Å²) in [5.74, 6) is 1.11. The van der Waals surface area contributed by atoms with E-state index in [0.717, 1.165) is 12.8 Å². The molecule has 1 aliphatic heterocycles. The van der Waals surface area contributed by atoms with E-state index in [0.29, 0.717) is 24.6 Å². The van der Waals surface area contributed by atoms with E-state index in [2.05, 4.69) is 0 Å². The monoisotopic (exact) mass is 263 g/mol. The Morgan fingerprint density at radius 2 is 2.06 bits per heavy atom. The predicted octanol–water partition coefficient (Wildman–Crippen LogP) is 2.11. The van der Waals surface area contributed by atoms with Gasteiger partial charge < -0.3 is 4.42 Å². The zero-order chi connectivity index (χ0) is 11.8. The minimum Gasteiger partial charge on any atom is -0.464 e. The zero-order valence-electron chi connectivity index (χ0n) is 9.07. The summed E-state index contributed by atoms with van der Waals surface area (Å²) in [5.41, 5.74) is 0. The van der Waals surface area contributed by atoms with Crippen LogP contribution >= 0.6 is 11.6 Å². The molecule has 0 radical (unpaired) electrons. The van der Waals surface area contributed by atoms with Gasteiger partial charge in [0.05, 0.1) is 5.88 Å². The van der Waals surface area contributed by atoms with Gasteiger partial charge in [0, 0.05) is 19.2 Å². The Labute approximate surface area is 100 Å². The van der Waals surface area contributed by atoms with Crippen LogP contribution in [0, 0.1) is 6.92 Å². The molecule has 0 aromatic carbocycles. The van der Waals surface area contributed by atoms with Crippen LogP contribution < -0.4 is 0 Å². The van der Waals surface area contributed by atoms with Gasteiger partial charge in [-0.1, -0.05) is 0 Å². The summed E-state index contributed by atoms with van der Waals surface area (Å²) >= 11 is 5.62. The molecule has 1 fully saturated rings. The van der Waals surface area contributed by atoms with Crippen LogP contribution in [0.15, 0.2) is 15.4 Å². The maximum atomic E-state index is 12.2. The van der Waals surface area contributed by atoms with Gasteiger partial charge in [0.1, 0.15) is 16.4 Å². The first-order valence-corrected chi connectivity index (χ1v) is 7.18. The van der Waals surface area contributed by atoms with Crippen molar-refractivity contribution in [3.63, 3.8) is 0 Å². The Morgan fingerprint density at radius 3 is 2.56 bits per heavy atom. The number of hydrogen-bond donors (Lipinski definition) is 0. The fourth-order valence-electron chi connectivity index (χ4n) is 1.91. The van der Waals surface area contributed by atoms with E-state index >= 15 is 0 Å². The fraction of sp³-hybridized carbons (Fsp3) is 0.600. The maximum Gasteiger partial charge on any atom is 0.246 e. The fourth-order valence-corrected chi connectivity index (χ4v) is 3.75. The molecule has 0 unspecified atom stereocenters. The molecule has 0 bridgehead atoms. The highest BCUT2D eigenvalue weighted by molar-refractivity contribution is 7.89. The molecule has 2 heterocycles. The standard InChI is InChI=1S/C10H14ClNO3S/c1-8-10(6-9(7-11)15-8)16(13,14)12-4-2-3-5-12/h6H,2-5,7H2,1H3. The molecule has 6 heteroatoms. The van der Waals surface area contributed by atoms with E-state index in [1.807, 2.05) is 0 Å². The van der Waals surface area contributed by atoms with Crippen LogP contribution in [0.3, 0.4) is 0 Å². The molecule has 0 spiro atoms. The summed E-state index contributed by atoms with van der Waals surface area (Å²) in [6.07, 6.45) is 1.86. The van der Waals surface area contributed by atoms with Crippen molar-refractivity contribution in [1.29, 1.82) is 0 Å². The number of rotatable bonds is 3. The predicted molar refractivity (Wildman–Crippen MR) is 61.0 cm³/mol. The number of hydrogen-bond acceptors (Lipinski definition) is 3. The van der Waals surface area contributed by atoms with Gasteiger partial charge >= 0.3 is 0 Å². The van der Waals surface area contributed by atoms with Crippen molar-refractivity contribution in [1.82, 2.24) is 4.31 Å². The first-order chi connectivity index (χ1) is 7.55. The molecule has 1 saturated heterocycles. The highest BCUT2D eigenvalue weighted by atomic mass is 35.5. The largest absolute Gasteiger partial charge is 0.464 e. The van der Waals surface area contributed by atoms with E-state index in [1.165, 1.54) is 10.4 Å². The summed E-state index contributed by atoms with van der Waals surface area (Å²) in [4.78, 5) is 0.255. The van der Waals surface area contributed by atoms with Crippen molar-refractivity contribution in [3.05, 3.63) is 17.6 Å². The Hall–Kier alpha value is -0.520. The number of halogens is 1. The van der Waals surface area contributed by atoms with Crippen molar-refractivity contribution in [3.8, 4) is 0 Å². The highest BCUT2D eigenvalue weighted by Gasteiger charge is 2.30. The number of nitrogens with zero attached hydrogens (tertiary/aromatic N) is 1. The third kappa shape index (κ3) is 1.99. The minimum absolute atomic E-state index is 0.191. The summed E-state index contributed by atoms with van der Waals surface area (Å²) in [5, 5.41) is 0. The van der Waals surface area contributed by atoms with Gasteiger partial charge in [0.2, 0.25) is 10.0 Å². The lowest BCUT2D eigenvalue weighted by molar-refractivity contribution is 0.467.